The fourth-order valence-electron chi connectivity index (χ4n) is 2.43. The van der Waals surface area contributed by atoms with Crippen LogP contribution in [-0.4, -0.2) is 37.3 Å². The third-order valence-electron chi connectivity index (χ3n) is 4.67. The van der Waals surface area contributed by atoms with Crippen LogP contribution in [-0.2, 0) is 4.74 Å². The summed E-state index contributed by atoms with van der Waals surface area (Å²) in [6.07, 6.45) is 2.34. The second kappa shape index (κ2) is 9.25. The molecule has 1 saturated heterocycles. The number of nitrogens with one attached hydrogen (secondary N) is 1. The van der Waals surface area contributed by atoms with E-state index < -0.39 is 5.54 Å². The van der Waals surface area contributed by atoms with Gasteiger partial charge in [0, 0.05) is 18.7 Å². The summed E-state index contributed by atoms with van der Waals surface area (Å²) in [4.78, 5) is 12.4. The fourth-order valence-corrected chi connectivity index (χ4v) is 2.43. The Morgan fingerprint density at radius 3 is 2.58 bits per heavy atom. The fraction of sp³-hybridized carbons (Fsp3) is 0.611. The van der Waals surface area contributed by atoms with E-state index in [0.29, 0.717) is 18.7 Å². The Morgan fingerprint density at radius 2 is 2.08 bits per heavy atom. The molecule has 2 unspecified atom stereocenters. The molecule has 0 radical (unpaired) electrons. The maximum Gasteiger partial charge on any atom is 0.251 e. The van der Waals surface area contributed by atoms with Crippen molar-refractivity contribution in [1.82, 2.24) is 5.32 Å². The van der Waals surface area contributed by atoms with Gasteiger partial charge < -0.3 is 20.5 Å². The molecule has 2 atom stereocenters. The lowest BCUT2D eigenvalue weighted by molar-refractivity contribution is 0.0679. The molecule has 6 heteroatoms. The van der Waals surface area contributed by atoms with E-state index in [-0.39, 0.29) is 30.3 Å². The van der Waals surface area contributed by atoms with Gasteiger partial charge in [-0.3, -0.25) is 4.79 Å². The van der Waals surface area contributed by atoms with Crippen molar-refractivity contribution in [2.24, 2.45) is 11.7 Å². The van der Waals surface area contributed by atoms with Crippen molar-refractivity contribution in [2.45, 2.75) is 45.3 Å². The van der Waals surface area contributed by atoms with Crippen molar-refractivity contribution in [3.8, 4) is 5.75 Å². The summed E-state index contributed by atoms with van der Waals surface area (Å²) in [6.45, 7) is 7.85. The number of rotatable bonds is 7. The first-order chi connectivity index (χ1) is 10.9. The van der Waals surface area contributed by atoms with E-state index in [1.807, 2.05) is 19.1 Å². The minimum Gasteiger partial charge on any atom is -0.491 e. The average molecular weight is 357 g/mol. The summed E-state index contributed by atoms with van der Waals surface area (Å²) in [5, 5.41) is 3.03. The predicted molar refractivity (Wildman–Crippen MR) is 97.9 cm³/mol. The average Bonchev–Trinajstić information content (AvgIpc) is 3.06. The molecule has 1 heterocycles. The third-order valence-corrected chi connectivity index (χ3v) is 4.67. The molecule has 24 heavy (non-hydrogen) atoms. The first-order valence-electron chi connectivity index (χ1n) is 8.31. The summed E-state index contributed by atoms with van der Waals surface area (Å²) in [7, 11) is 0. The molecule has 0 bridgehead atoms. The molecule has 0 spiro atoms. The summed E-state index contributed by atoms with van der Waals surface area (Å²) in [6, 6.07) is 7.19. The van der Waals surface area contributed by atoms with Crippen molar-refractivity contribution in [2.75, 3.05) is 19.8 Å². The van der Waals surface area contributed by atoms with E-state index in [9.17, 15) is 4.79 Å². The number of nitrogens with two attached hydrogens (primary N) is 1. The van der Waals surface area contributed by atoms with E-state index >= 15 is 0 Å². The van der Waals surface area contributed by atoms with Crippen molar-refractivity contribution in [3.63, 3.8) is 0 Å². The van der Waals surface area contributed by atoms with E-state index in [2.05, 4.69) is 19.2 Å². The SMILES string of the molecule is CC(C)C(C)(CN)NC(=O)c1ccc(OCC2CCCO2)cc1.Cl. The standard InChI is InChI=1S/C18H28N2O3.ClH/c1-13(2)18(3,12-19)20-17(21)14-6-8-15(9-7-14)23-11-16-5-4-10-22-16;/h6-9,13,16H,4-5,10-12,19H2,1-3H3,(H,20,21);1H. The maximum absolute atomic E-state index is 12.4. The van der Waals surface area contributed by atoms with E-state index in [1.54, 1.807) is 12.1 Å². The monoisotopic (exact) mass is 356 g/mol. The molecule has 1 aliphatic heterocycles. The Morgan fingerprint density at radius 1 is 1.42 bits per heavy atom. The molecule has 1 aromatic carbocycles. The van der Waals surface area contributed by atoms with Crippen LogP contribution in [0.3, 0.4) is 0 Å². The molecular formula is C18H29ClN2O3. The van der Waals surface area contributed by atoms with E-state index in [1.165, 1.54) is 0 Å². The molecule has 0 aliphatic carbocycles. The number of carbonyl (C=O) groups excluding carboxylic acids is 1. The predicted octanol–water partition coefficient (Wildman–Crippen LogP) is 2.77. The lowest BCUT2D eigenvalue weighted by Gasteiger charge is -2.33. The molecule has 1 aliphatic rings. The highest BCUT2D eigenvalue weighted by Crippen LogP contribution is 2.18. The van der Waals surface area contributed by atoms with Gasteiger partial charge in [-0.15, -0.1) is 12.4 Å². The molecule has 2 rings (SSSR count). The van der Waals surface area contributed by atoms with Crippen LogP contribution in [0.4, 0.5) is 0 Å². The van der Waals surface area contributed by atoms with Crippen molar-refractivity contribution < 1.29 is 14.3 Å². The highest BCUT2D eigenvalue weighted by Gasteiger charge is 2.28. The van der Waals surface area contributed by atoms with Gasteiger partial charge in [0.05, 0.1) is 11.6 Å². The van der Waals surface area contributed by atoms with Gasteiger partial charge in [-0.05, 0) is 49.9 Å². The third kappa shape index (κ3) is 5.36. The zero-order valence-corrected chi connectivity index (χ0v) is 15.5. The van der Waals surface area contributed by atoms with Crippen LogP contribution >= 0.6 is 12.4 Å². The largest absolute Gasteiger partial charge is 0.491 e. The van der Waals surface area contributed by atoms with Gasteiger partial charge in [-0.2, -0.15) is 0 Å². The molecule has 5 nitrogen and oxygen atoms in total. The Balaban J connectivity index is 0.00000288. The number of hydrogen-bond donors (Lipinski definition) is 2. The second-order valence-electron chi connectivity index (χ2n) is 6.70. The number of amides is 1. The van der Waals surface area contributed by atoms with Gasteiger partial charge in [0.15, 0.2) is 0 Å². The molecule has 1 aromatic rings. The van der Waals surface area contributed by atoms with Gasteiger partial charge in [0.1, 0.15) is 12.4 Å². The topological polar surface area (TPSA) is 73.6 Å². The lowest BCUT2D eigenvalue weighted by atomic mass is 9.88. The van der Waals surface area contributed by atoms with Crippen molar-refractivity contribution in [1.29, 1.82) is 0 Å². The van der Waals surface area contributed by atoms with Crippen LogP contribution in [0.25, 0.3) is 0 Å². The van der Waals surface area contributed by atoms with Crippen LogP contribution in [0.5, 0.6) is 5.75 Å². The number of ether oxygens (including phenoxy) is 2. The van der Waals surface area contributed by atoms with Gasteiger partial charge in [0.25, 0.3) is 5.91 Å². The number of hydrogen-bond acceptors (Lipinski definition) is 4. The van der Waals surface area contributed by atoms with Crippen LogP contribution in [0.1, 0.15) is 44.0 Å². The normalized spacial score (nSPS) is 19.5. The molecular weight excluding hydrogens is 328 g/mol. The summed E-state index contributed by atoms with van der Waals surface area (Å²) in [5.41, 5.74) is 6.01. The number of benzene rings is 1. The van der Waals surface area contributed by atoms with Crippen LogP contribution in [0.15, 0.2) is 24.3 Å². The molecule has 136 valence electrons. The number of halogens is 1. The molecule has 0 saturated carbocycles. The van der Waals surface area contributed by atoms with E-state index in [4.69, 9.17) is 15.2 Å². The van der Waals surface area contributed by atoms with Crippen LogP contribution < -0.4 is 15.8 Å². The Kier molecular flexibility index (Phi) is 8.00. The van der Waals surface area contributed by atoms with E-state index in [0.717, 1.165) is 25.2 Å². The quantitative estimate of drug-likeness (QED) is 0.787. The Bertz CT molecular complexity index is 516. The van der Waals surface area contributed by atoms with Crippen molar-refractivity contribution >= 4 is 18.3 Å². The van der Waals surface area contributed by atoms with Gasteiger partial charge in [-0.25, -0.2) is 0 Å². The van der Waals surface area contributed by atoms with Gasteiger partial charge in [-0.1, -0.05) is 13.8 Å². The zero-order valence-electron chi connectivity index (χ0n) is 14.7. The van der Waals surface area contributed by atoms with Crippen LogP contribution in [0, 0.1) is 5.92 Å². The molecule has 0 aromatic heterocycles. The van der Waals surface area contributed by atoms with Crippen molar-refractivity contribution in [3.05, 3.63) is 29.8 Å². The molecule has 1 amide bonds. The Labute approximate surface area is 150 Å². The van der Waals surface area contributed by atoms with Crippen LogP contribution in [0.2, 0.25) is 0 Å². The molecule has 1 fully saturated rings. The summed E-state index contributed by atoms with van der Waals surface area (Å²) >= 11 is 0. The van der Waals surface area contributed by atoms with Gasteiger partial charge in [0.2, 0.25) is 0 Å². The highest BCUT2D eigenvalue weighted by atomic mass is 35.5. The minimum atomic E-state index is -0.411. The second-order valence-corrected chi connectivity index (χ2v) is 6.70. The minimum absolute atomic E-state index is 0. The summed E-state index contributed by atoms with van der Waals surface area (Å²) < 4.78 is 11.2. The molecule has 3 N–H and O–H groups in total. The zero-order chi connectivity index (χ0) is 16.9. The Hall–Kier alpha value is -1.30. The number of carbonyl (C=O) groups is 1. The smallest absolute Gasteiger partial charge is 0.251 e. The first kappa shape index (κ1) is 20.7. The summed E-state index contributed by atoms with van der Waals surface area (Å²) in [5.74, 6) is 0.894. The lowest BCUT2D eigenvalue weighted by Crippen LogP contribution is -2.55. The highest BCUT2D eigenvalue weighted by molar-refractivity contribution is 5.94. The first-order valence-corrected chi connectivity index (χ1v) is 8.31. The maximum atomic E-state index is 12.4. The van der Waals surface area contributed by atoms with Gasteiger partial charge >= 0.3 is 0 Å².